The van der Waals surface area contributed by atoms with E-state index in [4.69, 9.17) is 17.0 Å². The van der Waals surface area contributed by atoms with Gasteiger partial charge in [0.15, 0.2) is 5.11 Å². The number of thiocarbonyl (C=S) groups is 1. The summed E-state index contributed by atoms with van der Waals surface area (Å²) >= 11 is 8.42. The van der Waals surface area contributed by atoms with Crippen molar-refractivity contribution in [3.05, 3.63) is 64.1 Å². The molecule has 0 bridgehead atoms. The Balaban J connectivity index is 1.82. The zero-order valence-electron chi connectivity index (χ0n) is 14.8. The maximum Gasteiger partial charge on any atom is 0.257 e. The normalized spacial score (nSPS) is 10.0. The third-order valence-corrected chi connectivity index (χ3v) is 4.23. The van der Waals surface area contributed by atoms with E-state index in [1.165, 1.54) is 0 Å². The molecule has 2 aromatic carbocycles. The lowest BCUT2D eigenvalue weighted by atomic mass is 10.1. The maximum atomic E-state index is 12.3. The molecule has 0 radical (unpaired) electrons. The van der Waals surface area contributed by atoms with E-state index in [1.807, 2.05) is 37.3 Å². The van der Waals surface area contributed by atoms with Gasteiger partial charge in [0.25, 0.3) is 5.91 Å². The molecule has 2 amide bonds. The smallest absolute Gasteiger partial charge is 0.257 e. The highest BCUT2D eigenvalue weighted by Gasteiger charge is 2.11. The Morgan fingerprint density at radius 2 is 1.85 bits per heavy atom. The van der Waals surface area contributed by atoms with Gasteiger partial charge in [0.2, 0.25) is 5.91 Å². The highest BCUT2D eigenvalue weighted by molar-refractivity contribution is 9.10. The van der Waals surface area contributed by atoms with Gasteiger partial charge >= 0.3 is 0 Å². The van der Waals surface area contributed by atoms with Gasteiger partial charge in [0.05, 0.1) is 17.5 Å². The van der Waals surface area contributed by atoms with Crippen LogP contribution in [-0.2, 0) is 11.2 Å². The summed E-state index contributed by atoms with van der Waals surface area (Å²) in [5, 5.41) is 2.51. The van der Waals surface area contributed by atoms with Gasteiger partial charge in [0.1, 0.15) is 5.75 Å². The van der Waals surface area contributed by atoms with Gasteiger partial charge in [-0.25, -0.2) is 0 Å². The second-order valence-electron chi connectivity index (χ2n) is 5.61. The van der Waals surface area contributed by atoms with Crippen LogP contribution in [0.25, 0.3) is 0 Å². The number of ether oxygens (including phenoxy) is 1. The SMILES string of the molecule is CCCOc1ccc(C(=O)NC(=S)NNC(=O)Cc2ccccc2)cc1Br. The van der Waals surface area contributed by atoms with Crippen LogP contribution in [0.2, 0.25) is 0 Å². The Labute approximate surface area is 171 Å². The minimum Gasteiger partial charge on any atom is -0.492 e. The second kappa shape index (κ2) is 10.6. The third kappa shape index (κ3) is 6.99. The molecule has 0 unspecified atom stereocenters. The molecule has 142 valence electrons. The molecule has 0 heterocycles. The van der Waals surface area contributed by atoms with E-state index >= 15 is 0 Å². The van der Waals surface area contributed by atoms with Crippen molar-refractivity contribution >= 4 is 45.1 Å². The zero-order chi connectivity index (χ0) is 19.6. The van der Waals surface area contributed by atoms with Gasteiger partial charge in [-0.2, -0.15) is 0 Å². The minimum absolute atomic E-state index is 0.00356. The van der Waals surface area contributed by atoms with Crippen LogP contribution >= 0.6 is 28.1 Å². The molecular weight excluding hydrogens is 430 g/mol. The molecule has 0 aliphatic heterocycles. The molecule has 6 nitrogen and oxygen atoms in total. The minimum atomic E-state index is -0.396. The number of amides is 2. The van der Waals surface area contributed by atoms with E-state index in [9.17, 15) is 9.59 Å². The summed E-state index contributed by atoms with van der Waals surface area (Å²) in [6.45, 7) is 2.61. The van der Waals surface area contributed by atoms with Crippen molar-refractivity contribution in [1.29, 1.82) is 0 Å². The monoisotopic (exact) mass is 449 g/mol. The Kier molecular flexibility index (Phi) is 8.22. The summed E-state index contributed by atoms with van der Waals surface area (Å²) in [5.41, 5.74) is 6.26. The fourth-order valence-electron chi connectivity index (χ4n) is 2.13. The van der Waals surface area contributed by atoms with Crippen LogP contribution in [0.4, 0.5) is 0 Å². The Bertz CT molecular complexity index is 815. The topological polar surface area (TPSA) is 79.5 Å². The van der Waals surface area contributed by atoms with Crippen molar-refractivity contribution in [3.8, 4) is 5.75 Å². The number of carbonyl (C=O) groups excluding carboxylic acids is 2. The number of halogens is 1. The summed E-state index contributed by atoms with van der Waals surface area (Å²) in [5.74, 6) is 0.00722. The standard InChI is InChI=1S/C19H20BrN3O3S/c1-2-10-26-16-9-8-14(12-15(16)20)18(25)21-19(27)23-22-17(24)11-13-6-4-3-5-7-13/h3-9,12H,2,10-11H2,1H3,(H,22,24)(H2,21,23,25,27). The number of nitrogens with one attached hydrogen (secondary N) is 3. The van der Waals surface area contributed by atoms with E-state index in [0.29, 0.717) is 22.4 Å². The van der Waals surface area contributed by atoms with E-state index < -0.39 is 5.91 Å². The van der Waals surface area contributed by atoms with E-state index in [1.54, 1.807) is 18.2 Å². The molecule has 0 atom stereocenters. The summed E-state index contributed by atoms with van der Waals surface area (Å²) in [6, 6.07) is 14.3. The molecule has 0 saturated carbocycles. The van der Waals surface area contributed by atoms with Gasteiger partial charge < -0.3 is 4.74 Å². The highest BCUT2D eigenvalue weighted by atomic mass is 79.9. The van der Waals surface area contributed by atoms with E-state index in [2.05, 4.69) is 32.1 Å². The average Bonchev–Trinajstić information content (AvgIpc) is 2.66. The number of carbonyl (C=O) groups is 2. The van der Waals surface area contributed by atoms with Crippen LogP contribution in [0.3, 0.4) is 0 Å². The Hall–Kier alpha value is -2.45. The number of hydrazine groups is 1. The lowest BCUT2D eigenvalue weighted by Gasteiger charge is -2.12. The zero-order valence-corrected chi connectivity index (χ0v) is 17.2. The summed E-state index contributed by atoms with van der Waals surface area (Å²) in [7, 11) is 0. The van der Waals surface area contributed by atoms with Gasteiger partial charge in [-0.05, 0) is 58.3 Å². The molecule has 3 N–H and O–H groups in total. The first-order valence-corrected chi connectivity index (χ1v) is 9.56. The molecule has 0 spiro atoms. The molecule has 2 aromatic rings. The second-order valence-corrected chi connectivity index (χ2v) is 6.88. The number of hydrogen-bond acceptors (Lipinski definition) is 4. The van der Waals surface area contributed by atoms with Crippen LogP contribution in [-0.4, -0.2) is 23.5 Å². The Morgan fingerprint density at radius 1 is 1.11 bits per heavy atom. The molecule has 0 aliphatic rings. The first kappa shape index (κ1) is 20.9. The highest BCUT2D eigenvalue weighted by Crippen LogP contribution is 2.26. The first-order valence-electron chi connectivity index (χ1n) is 8.36. The lowest BCUT2D eigenvalue weighted by Crippen LogP contribution is -2.48. The van der Waals surface area contributed by atoms with Crippen LogP contribution < -0.4 is 20.9 Å². The lowest BCUT2D eigenvalue weighted by molar-refractivity contribution is -0.121. The average molecular weight is 450 g/mol. The first-order chi connectivity index (χ1) is 13.0. The molecule has 2 rings (SSSR count). The molecule has 0 fully saturated rings. The fourth-order valence-corrected chi connectivity index (χ4v) is 2.77. The van der Waals surface area contributed by atoms with Crippen molar-refractivity contribution < 1.29 is 14.3 Å². The van der Waals surface area contributed by atoms with E-state index in [-0.39, 0.29) is 17.4 Å². The molecule has 8 heteroatoms. The van der Waals surface area contributed by atoms with Crippen molar-refractivity contribution in [3.63, 3.8) is 0 Å². The molecule has 0 aliphatic carbocycles. The third-order valence-electron chi connectivity index (χ3n) is 3.41. The van der Waals surface area contributed by atoms with Gasteiger partial charge in [0, 0.05) is 5.56 Å². The predicted octanol–water partition coefficient (Wildman–Crippen LogP) is 3.12. The van der Waals surface area contributed by atoms with Crippen LogP contribution in [0.15, 0.2) is 53.0 Å². The largest absolute Gasteiger partial charge is 0.492 e. The maximum absolute atomic E-state index is 12.3. The van der Waals surface area contributed by atoms with Crippen LogP contribution in [0, 0.1) is 0 Å². The fraction of sp³-hybridized carbons (Fsp3) is 0.211. The summed E-state index contributed by atoms with van der Waals surface area (Å²) in [6.07, 6.45) is 1.10. The molecular formula is C19H20BrN3O3S. The molecule has 0 aromatic heterocycles. The van der Waals surface area contributed by atoms with Gasteiger partial charge in [-0.1, -0.05) is 37.3 Å². The van der Waals surface area contributed by atoms with Gasteiger partial charge in [-0.15, -0.1) is 0 Å². The number of benzene rings is 2. The summed E-state index contributed by atoms with van der Waals surface area (Å²) < 4.78 is 6.23. The van der Waals surface area contributed by atoms with Crippen molar-refractivity contribution in [2.45, 2.75) is 19.8 Å². The van der Waals surface area contributed by atoms with Gasteiger partial charge in [-0.3, -0.25) is 25.8 Å². The quantitative estimate of drug-likeness (QED) is 0.466. The van der Waals surface area contributed by atoms with E-state index in [0.717, 1.165) is 12.0 Å². The van der Waals surface area contributed by atoms with Crippen molar-refractivity contribution in [1.82, 2.24) is 16.2 Å². The molecule has 0 saturated heterocycles. The molecule has 27 heavy (non-hydrogen) atoms. The number of hydrogen-bond donors (Lipinski definition) is 3. The Morgan fingerprint density at radius 3 is 2.52 bits per heavy atom. The predicted molar refractivity (Wildman–Crippen MR) is 111 cm³/mol. The van der Waals surface area contributed by atoms with Crippen LogP contribution in [0.1, 0.15) is 29.3 Å². The van der Waals surface area contributed by atoms with Crippen molar-refractivity contribution in [2.75, 3.05) is 6.61 Å². The summed E-state index contributed by atoms with van der Waals surface area (Å²) in [4.78, 5) is 24.1. The van der Waals surface area contributed by atoms with Crippen LogP contribution in [0.5, 0.6) is 5.75 Å². The van der Waals surface area contributed by atoms with Crippen molar-refractivity contribution in [2.24, 2.45) is 0 Å². The number of rotatable bonds is 6.